The number of carbonyl (C=O) groups is 1. The molecule has 1 fully saturated rings. The monoisotopic (exact) mass is 316 g/mol. The van der Waals surface area contributed by atoms with Gasteiger partial charge in [-0.25, -0.2) is 9.48 Å². The van der Waals surface area contributed by atoms with E-state index < -0.39 is 0 Å². The largest absolute Gasteiger partial charge is 0.480 e. The van der Waals surface area contributed by atoms with Crippen LogP contribution in [0.2, 0.25) is 0 Å². The summed E-state index contributed by atoms with van der Waals surface area (Å²) >= 11 is 0. The zero-order valence-corrected chi connectivity index (χ0v) is 13.5. The number of nitrogens with zero attached hydrogens (tertiary/aromatic N) is 4. The van der Waals surface area contributed by atoms with Gasteiger partial charge in [0.15, 0.2) is 5.82 Å². The molecule has 0 N–H and O–H groups in total. The average molecular weight is 316 g/mol. The van der Waals surface area contributed by atoms with E-state index in [1.54, 1.807) is 16.8 Å². The molecule has 0 aromatic carbocycles. The molecule has 2 aromatic rings. The second kappa shape index (κ2) is 6.36. The first-order valence-electron chi connectivity index (χ1n) is 7.76. The summed E-state index contributed by atoms with van der Waals surface area (Å²) in [6.45, 7) is 4.61. The Bertz CT molecular complexity index is 696. The number of esters is 1. The highest BCUT2D eigenvalue weighted by atomic mass is 16.5. The van der Waals surface area contributed by atoms with Crippen molar-refractivity contribution in [2.24, 2.45) is 11.8 Å². The summed E-state index contributed by atoms with van der Waals surface area (Å²) in [5.74, 6) is 1.81. The van der Waals surface area contributed by atoms with Crippen molar-refractivity contribution in [1.29, 1.82) is 0 Å². The molecule has 1 aliphatic rings. The summed E-state index contributed by atoms with van der Waals surface area (Å²) < 4.78 is 12.0. The van der Waals surface area contributed by atoms with Gasteiger partial charge in [0.2, 0.25) is 5.88 Å². The van der Waals surface area contributed by atoms with Gasteiger partial charge in [0.1, 0.15) is 5.56 Å². The minimum atomic E-state index is -0.325. The van der Waals surface area contributed by atoms with Gasteiger partial charge in [-0.05, 0) is 30.7 Å². The third-order valence-electron chi connectivity index (χ3n) is 4.18. The number of rotatable bonds is 6. The summed E-state index contributed by atoms with van der Waals surface area (Å²) in [6.07, 6.45) is 3.30. The summed E-state index contributed by atoms with van der Waals surface area (Å²) in [4.78, 5) is 12.3. The number of carbonyl (C=O) groups excluding carboxylic acids is 1. The smallest absolute Gasteiger partial charge is 0.341 e. The van der Waals surface area contributed by atoms with E-state index in [1.165, 1.54) is 13.3 Å². The molecule has 2 atom stereocenters. The molecule has 2 heterocycles. The Morgan fingerprint density at radius 1 is 1.39 bits per heavy atom. The fourth-order valence-corrected chi connectivity index (χ4v) is 2.51. The van der Waals surface area contributed by atoms with Crippen LogP contribution in [-0.4, -0.2) is 39.7 Å². The highest BCUT2D eigenvalue weighted by Crippen LogP contribution is 2.37. The lowest BCUT2D eigenvalue weighted by Gasteiger charge is -2.07. The van der Waals surface area contributed by atoms with Crippen LogP contribution in [-0.2, 0) is 11.2 Å². The van der Waals surface area contributed by atoms with Crippen LogP contribution in [0.25, 0.3) is 5.82 Å². The van der Waals surface area contributed by atoms with Crippen molar-refractivity contribution in [2.45, 2.75) is 26.7 Å². The molecule has 1 saturated carbocycles. The van der Waals surface area contributed by atoms with E-state index in [4.69, 9.17) is 9.47 Å². The van der Waals surface area contributed by atoms with E-state index in [0.717, 1.165) is 12.1 Å². The molecule has 0 bridgehead atoms. The van der Waals surface area contributed by atoms with E-state index in [0.29, 0.717) is 42.1 Å². The summed E-state index contributed by atoms with van der Waals surface area (Å²) in [7, 11) is 1.53. The van der Waals surface area contributed by atoms with Gasteiger partial charge in [-0.1, -0.05) is 13.8 Å². The summed E-state index contributed by atoms with van der Waals surface area (Å²) in [5, 5.41) is 12.3. The van der Waals surface area contributed by atoms with Gasteiger partial charge in [0, 0.05) is 6.07 Å². The summed E-state index contributed by atoms with van der Waals surface area (Å²) in [5.41, 5.74) is 1.25. The second-order valence-electron chi connectivity index (χ2n) is 5.78. The number of methoxy groups -OCH3 is 1. The lowest BCUT2D eigenvalue weighted by molar-refractivity contribution is 0.0480. The molecule has 0 radical (unpaired) electrons. The molecule has 2 aromatic heterocycles. The minimum absolute atomic E-state index is 0.325. The number of aromatic nitrogens is 4. The highest BCUT2D eigenvalue weighted by molar-refractivity contribution is 5.90. The standard InChI is InChI=1S/C16H20N4O3/c1-4-13-12(16(21)23-9-11-7-10(11)2)8-17-20(13)14-5-6-15(22-3)19-18-14/h5-6,8,10-11H,4,7,9H2,1-3H3/t10-,11+/m0/s1. The van der Waals surface area contributed by atoms with Gasteiger partial charge < -0.3 is 9.47 Å². The molecule has 7 heteroatoms. The molecule has 0 unspecified atom stereocenters. The van der Waals surface area contributed by atoms with E-state index in [-0.39, 0.29) is 5.97 Å². The van der Waals surface area contributed by atoms with Crippen molar-refractivity contribution in [3.63, 3.8) is 0 Å². The van der Waals surface area contributed by atoms with Crippen molar-refractivity contribution in [2.75, 3.05) is 13.7 Å². The molecule has 1 aliphatic carbocycles. The van der Waals surface area contributed by atoms with Crippen LogP contribution in [0.5, 0.6) is 5.88 Å². The van der Waals surface area contributed by atoms with Crippen molar-refractivity contribution < 1.29 is 14.3 Å². The van der Waals surface area contributed by atoms with Gasteiger partial charge in [-0.3, -0.25) is 0 Å². The van der Waals surface area contributed by atoms with Gasteiger partial charge in [0.05, 0.1) is 25.6 Å². The van der Waals surface area contributed by atoms with E-state index >= 15 is 0 Å². The molecule has 3 rings (SSSR count). The number of hydrogen-bond donors (Lipinski definition) is 0. The molecule has 0 saturated heterocycles. The molecule has 0 spiro atoms. The fraction of sp³-hybridized carbons (Fsp3) is 0.500. The Kier molecular flexibility index (Phi) is 4.27. The SMILES string of the molecule is CCc1c(C(=O)OC[C@H]2C[C@@H]2C)cnn1-c1ccc(OC)nn1. The van der Waals surface area contributed by atoms with E-state index in [1.807, 2.05) is 6.92 Å². The van der Waals surface area contributed by atoms with Crippen LogP contribution in [0.15, 0.2) is 18.3 Å². The highest BCUT2D eigenvalue weighted by Gasteiger charge is 2.34. The zero-order chi connectivity index (χ0) is 16.4. The lowest BCUT2D eigenvalue weighted by Crippen LogP contribution is -2.12. The van der Waals surface area contributed by atoms with E-state index in [2.05, 4.69) is 22.2 Å². The molecule has 0 amide bonds. The van der Waals surface area contributed by atoms with Crippen molar-refractivity contribution in [3.8, 4) is 11.7 Å². The van der Waals surface area contributed by atoms with Crippen molar-refractivity contribution in [3.05, 3.63) is 29.6 Å². The average Bonchev–Trinajstić information content (AvgIpc) is 3.12. The van der Waals surface area contributed by atoms with Crippen LogP contribution < -0.4 is 4.74 Å². The molecular formula is C16H20N4O3. The zero-order valence-electron chi connectivity index (χ0n) is 13.5. The number of hydrogen-bond acceptors (Lipinski definition) is 6. The summed E-state index contributed by atoms with van der Waals surface area (Å²) in [6, 6.07) is 3.45. The number of ether oxygens (including phenoxy) is 2. The van der Waals surface area contributed by atoms with Crippen molar-refractivity contribution in [1.82, 2.24) is 20.0 Å². The third kappa shape index (κ3) is 3.18. The molecule has 122 valence electrons. The molecule has 0 aliphatic heterocycles. The van der Waals surface area contributed by atoms with Crippen LogP contribution >= 0.6 is 0 Å². The van der Waals surface area contributed by atoms with Gasteiger partial charge in [0.25, 0.3) is 0 Å². The topological polar surface area (TPSA) is 79.1 Å². The van der Waals surface area contributed by atoms with Crippen LogP contribution in [0.4, 0.5) is 0 Å². The first-order valence-corrected chi connectivity index (χ1v) is 7.76. The van der Waals surface area contributed by atoms with Crippen LogP contribution in [0, 0.1) is 11.8 Å². The van der Waals surface area contributed by atoms with Crippen LogP contribution in [0.3, 0.4) is 0 Å². The first-order chi connectivity index (χ1) is 11.1. The van der Waals surface area contributed by atoms with Crippen LogP contribution in [0.1, 0.15) is 36.3 Å². The Balaban J connectivity index is 1.79. The Hall–Kier alpha value is -2.44. The lowest BCUT2D eigenvalue weighted by atomic mass is 10.2. The predicted octanol–water partition coefficient (Wildman–Crippen LogP) is 2.05. The maximum absolute atomic E-state index is 12.3. The molecular weight excluding hydrogens is 296 g/mol. The predicted molar refractivity (Wildman–Crippen MR) is 82.6 cm³/mol. The van der Waals surface area contributed by atoms with Gasteiger partial charge in [-0.2, -0.15) is 5.10 Å². The minimum Gasteiger partial charge on any atom is -0.480 e. The Morgan fingerprint density at radius 2 is 2.17 bits per heavy atom. The third-order valence-corrected chi connectivity index (χ3v) is 4.18. The second-order valence-corrected chi connectivity index (χ2v) is 5.78. The quantitative estimate of drug-likeness (QED) is 0.759. The van der Waals surface area contributed by atoms with Crippen molar-refractivity contribution >= 4 is 5.97 Å². The Labute approximate surface area is 134 Å². The maximum Gasteiger partial charge on any atom is 0.341 e. The van der Waals surface area contributed by atoms with E-state index in [9.17, 15) is 4.79 Å². The normalized spacial score (nSPS) is 19.4. The van der Waals surface area contributed by atoms with Gasteiger partial charge in [-0.15, -0.1) is 10.2 Å². The van der Waals surface area contributed by atoms with Gasteiger partial charge >= 0.3 is 5.97 Å². The fourth-order valence-electron chi connectivity index (χ4n) is 2.51. The Morgan fingerprint density at radius 3 is 2.74 bits per heavy atom. The molecule has 7 nitrogen and oxygen atoms in total. The molecule has 23 heavy (non-hydrogen) atoms. The maximum atomic E-state index is 12.3. The first kappa shape index (κ1) is 15.5.